The highest BCUT2D eigenvalue weighted by Gasteiger charge is 2.43. The Labute approximate surface area is 77.7 Å². The summed E-state index contributed by atoms with van der Waals surface area (Å²) in [5.41, 5.74) is 5.51. The zero-order valence-corrected chi connectivity index (χ0v) is 8.29. The van der Waals surface area contributed by atoms with E-state index in [0.29, 0.717) is 6.42 Å². The highest BCUT2D eigenvalue weighted by Crippen LogP contribution is 2.32. The molecule has 2 unspecified atom stereocenters. The van der Waals surface area contributed by atoms with Gasteiger partial charge in [-0.1, -0.05) is 0 Å². The molecule has 13 heavy (non-hydrogen) atoms. The molecule has 0 aromatic rings. The molecule has 1 saturated carbocycles. The Morgan fingerprint density at radius 2 is 2.23 bits per heavy atom. The van der Waals surface area contributed by atoms with Gasteiger partial charge in [-0.15, -0.1) is 0 Å². The van der Waals surface area contributed by atoms with Crippen LogP contribution in [0.1, 0.15) is 19.3 Å². The number of nitrogens with zero attached hydrogens (tertiary/aromatic N) is 2. The lowest BCUT2D eigenvalue weighted by Crippen LogP contribution is -2.50. The van der Waals surface area contributed by atoms with Crippen molar-refractivity contribution in [2.45, 2.75) is 30.6 Å². The Hall–Kier alpha value is -0.780. The summed E-state index contributed by atoms with van der Waals surface area (Å²) in [6, 6.07) is -0.0961. The van der Waals surface area contributed by atoms with Gasteiger partial charge in [-0.2, -0.15) is 0 Å². The number of hydrogen-bond acceptors (Lipinski definition) is 4. The fourth-order valence-corrected chi connectivity index (χ4v) is 3.76. The van der Waals surface area contributed by atoms with Crippen LogP contribution in [0, 0.1) is 0 Å². The first-order valence-electron chi connectivity index (χ1n) is 4.34. The van der Waals surface area contributed by atoms with Gasteiger partial charge in [0.2, 0.25) is 16.0 Å². The number of guanidine groups is 1. The fourth-order valence-electron chi connectivity index (χ4n) is 1.99. The summed E-state index contributed by atoms with van der Waals surface area (Å²) in [6.45, 7) is 0. The maximum absolute atomic E-state index is 11.8. The second-order valence-corrected chi connectivity index (χ2v) is 5.72. The lowest BCUT2D eigenvalue weighted by molar-refractivity contribution is 0.508. The summed E-state index contributed by atoms with van der Waals surface area (Å²) >= 11 is 0. The van der Waals surface area contributed by atoms with Gasteiger partial charge in [-0.05, 0) is 19.3 Å². The molecule has 6 heteroatoms. The minimum absolute atomic E-state index is 0.0961. The first kappa shape index (κ1) is 8.80. The molecule has 0 aromatic heterocycles. The van der Waals surface area contributed by atoms with Crippen molar-refractivity contribution in [3.8, 4) is 0 Å². The van der Waals surface area contributed by atoms with Crippen LogP contribution in [-0.4, -0.2) is 37.0 Å². The summed E-state index contributed by atoms with van der Waals surface area (Å²) in [4.78, 5) is 4.16. The molecule has 1 heterocycles. The third-order valence-electron chi connectivity index (χ3n) is 2.80. The molecule has 5 nitrogen and oxygen atoms in total. The third-order valence-corrected chi connectivity index (χ3v) is 5.07. The van der Waals surface area contributed by atoms with E-state index >= 15 is 0 Å². The van der Waals surface area contributed by atoms with Crippen molar-refractivity contribution in [3.63, 3.8) is 0 Å². The number of hydrogen-bond donors (Lipinski definition) is 1. The minimum Gasteiger partial charge on any atom is -0.369 e. The molecule has 1 aliphatic carbocycles. The second kappa shape index (κ2) is 2.60. The Morgan fingerprint density at radius 1 is 1.54 bits per heavy atom. The van der Waals surface area contributed by atoms with Gasteiger partial charge in [0, 0.05) is 7.05 Å². The average molecular weight is 203 g/mol. The molecule has 0 saturated heterocycles. The van der Waals surface area contributed by atoms with Crippen LogP contribution in [0.3, 0.4) is 0 Å². The summed E-state index contributed by atoms with van der Waals surface area (Å²) in [5, 5.41) is -0.329. The zero-order chi connectivity index (χ0) is 9.64. The quantitative estimate of drug-likeness (QED) is 0.576. The van der Waals surface area contributed by atoms with E-state index in [4.69, 9.17) is 5.73 Å². The van der Waals surface area contributed by atoms with Crippen molar-refractivity contribution >= 4 is 16.0 Å². The van der Waals surface area contributed by atoms with Gasteiger partial charge in [-0.3, -0.25) is 0 Å². The Kier molecular flexibility index (Phi) is 1.76. The highest BCUT2D eigenvalue weighted by atomic mass is 32.2. The van der Waals surface area contributed by atoms with Gasteiger partial charge in [0.1, 0.15) is 5.25 Å². The lowest BCUT2D eigenvalue weighted by Gasteiger charge is -2.30. The molecular weight excluding hydrogens is 190 g/mol. The highest BCUT2D eigenvalue weighted by molar-refractivity contribution is 7.90. The van der Waals surface area contributed by atoms with Gasteiger partial charge in [0.15, 0.2) is 0 Å². The number of aliphatic imine (C=N–C) groups is 1. The van der Waals surface area contributed by atoms with E-state index in [1.807, 2.05) is 0 Å². The molecule has 0 bridgehead atoms. The van der Waals surface area contributed by atoms with Crippen molar-refractivity contribution < 1.29 is 8.42 Å². The first-order chi connectivity index (χ1) is 6.03. The van der Waals surface area contributed by atoms with Crippen molar-refractivity contribution in [3.05, 3.63) is 0 Å². The van der Waals surface area contributed by atoms with Gasteiger partial charge >= 0.3 is 0 Å². The number of rotatable bonds is 0. The summed E-state index contributed by atoms with van der Waals surface area (Å²) in [7, 11) is -1.75. The van der Waals surface area contributed by atoms with Gasteiger partial charge in [0.05, 0.1) is 6.04 Å². The smallest absolute Gasteiger partial charge is 0.242 e. The molecule has 1 aliphatic heterocycles. The van der Waals surface area contributed by atoms with Crippen LogP contribution in [-0.2, 0) is 10.0 Å². The van der Waals surface area contributed by atoms with Crippen LogP contribution in [0.25, 0.3) is 0 Å². The van der Waals surface area contributed by atoms with Gasteiger partial charge in [-0.25, -0.2) is 17.7 Å². The van der Waals surface area contributed by atoms with Crippen LogP contribution in [0.2, 0.25) is 0 Å². The second-order valence-electron chi connectivity index (χ2n) is 3.54. The van der Waals surface area contributed by atoms with E-state index in [0.717, 1.165) is 17.1 Å². The normalized spacial score (nSPS) is 37.0. The monoisotopic (exact) mass is 203 g/mol. The number of fused-ring (bicyclic) bond motifs is 1. The van der Waals surface area contributed by atoms with E-state index in [1.54, 1.807) is 0 Å². The van der Waals surface area contributed by atoms with Crippen LogP contribution < -0.4 is 5.73 Å². The number of nitrogens with two attached hydrogens (primary N) is 1. The Morgan fingerprint density at radius 3 is 2.92 bits per heavy atom. The van der Waals surface area contributed by atoms with Crippen LogP contribution in [0.15, 0.2) is 4.99 Å². The van der Waals surface area contributed by atoms with Crippen LogP contribution >= 0.6 is 0 Å². The maximum atomic E-state index is 11.8. The molecule has 1 fully saturated rings. The van der Waals surface area contributed by atoms with E-state index in [1.165, 1.54) is 7.05 Å². The molecule has 0 spiro atoms. The molecule has 2 aliphatic rings. The SMILES string of the molecule is CN1C(N)=NC2CCCC2S1(=O)=O. The molecule has 0 radical (unpaired) electrons. The van der Waals surface area contributed by atoms with E-state index in [-0.39, 0.29) is 17.3 Å². The molecule has 74 valence electrons. The largest absolute Gasteiger partial charge is 0.369 e. The minimum atomic E-state index is -3.21. The van der Waals surface area contributed by atoms with Crippen LogP contribution in [0.4, 0.5) is 0 Å². The topological polar surface area (TPSA) is 75.8 Å². The van der Waals surface area contributed by atoms with Crippen molar-refractivity contribution in [1.82, 2.24) is 4.31 Å². The molecule has 2 rings (SSSR count). The molecule has 0 amide bonds. The van der Waals surface area contributed by atoms with Crippen LogP contribution in [0.5, 0.6) is 0 Å². The van der Waals surface area contributed by atoms with E-state index < -0.39 is 10.0 Å². The molecule has 0 aromatic carbocycles. The molecular formula is C7H13N3O2S. The van der Waals surface area contributed by atoms with Gasteiger partial charge in [0.25, 0.3) is 0 Å². The molecule has 2 atom stereocenters. The molecule has 2 N–H and O–H groups in total. The van der Waals surface area contributed by atoms with E-state index in [9.17, 15) is 8.42 Å². The number of sulfonamides is 1. The lowest BCUT2D eigenvalue weighted by atomic mass is 10.3. The first-order valence-corrected chi connectivity index (χ1v) is 5.85. The standard InChI is InChI=1S/C7H13N3O2S/c1-10-7(8)9-5-3-2-4-6(5)13(10,11)12/h5-6H,2-4H2,1H3,(H2,8,9). The summed E-state index contributed by atoms with van der Waals surface area (Å²) in [5.74, 6) is 0.128. The summed E-state index contributed by atoms with van der Waals surface area (Å²) < 4.78 is 24.6. The van der Waals surface area contributed by atoms with Gasteiger partial charge < -0.3 is 5.73 Å². The third kappa shape index (κ3) is 1.12. The average Bonchev–Trinajstić information content (AvgIpc) is 2.49. The predicted octanol–water partition coefficient (Wildman–Crippen LogP) is -0.503. The summed E-state index contributed by atoms with van der Waals surface area (Å²) in [6.07, 6.45) is 2.49. The fraction of sp³-hybridized carbons (Fsp3) is 0.857. The van der Waals surface area contributed by atoms with Crippen molar-refractivity contribution in [2.24, 2.45) is 10.7 Å². The maximum Gasteiger partial charge on any atom is 0.242 e. The van der Waals surface area contributed by atoms with E-state index in [2.05, 4.69) is 4.99 Å². The Bertz CT molecular complexity index is 349. The van der Waals surface area contributed by atoms with Crippen molar-refractivity contribution in [1.29, 1.82) is 0 Å². The predicted molar refractivity (Wildman–Crippen MR) is 49.7 cm³/mol. The Balaban J connectivity index is 2.47. The zero-order valence-electron chi connectivity index (χ0n) is 7.47. The van der Waals surface area contributed by atoms with Crippen molar-refractivity contribution in [2.75, 3.05) is 7.05 Å².